The number of pyridine rings is 1. The molecule has 1 saturated carbocycles. The number of rotatable bonds is 2. The Morgan fingerprint density at radius 3 is 2.41 bits per heavy atom. The Balaban J connectivity index is 2.13. The van der Waals surface area contributed by atoms with Crippen LogP contribution in [0.4, 0.5) is 5.69 Å². The van der Waals surface area contributed by atoms with E-state index in [-0.39, 0.29) is 22.7 Å². The summed E-state index contributed by atoms with van der Waals surface area (Å²) in [7, 11) is 0. The lowest BCUT2D eigenvalue weighted by Gasteiger charge is -2.07. The molecule has 0 saturated heterocycles. The van der Waals surface area contributed by atoms with Crippen LogP contribution >= 0.6 is 15.9 Å². The Morgan fingerprint density at radius 1 is 1.35 bits per heavy atom. The van der Waals surface area contributed by atoms with Gasteiger partial charge in [-0.15, -0.1) is 0 Å². The average molecular weight is 297 g/mol. The number of aromatic nitrogens is 1. The summed E-state index contributed by atoms with van der Waals surface area (Å²) in [5, 5.41) is 2.96. The van der Waals surface area contributed by atoms with Crippen LogP contribution in [-0.2, 0) is 4.79 Å². The molecule has 92 valence electrons. The van der Waals surface area contributed by atoms with Crippen molar-refractivity contribution >= 4 is 27.5 Å². The topological polar surface area (TPSA) is 42.0 Å². The lowest BCUT2D eigenvalue weighted by molar-refractivity contribution is -0.118. The number of anilines is 1. The molecule has 1 fully saturated rings. The summed E-state index contributed by atoms with van der Waals surface area (Å²) in [5.74, 6) is 0.155. The lowest BCUT2D eigenvalue weighted by Crippen LogP contribution is -2.17. The van der Waals surface area contributed by atoms with Crippen LogP contribution in [-0.4, -0.2) is 10.9 Å². The van der Waals surface area contributed by atoms with Crippen LogP contribution in [0.5, 0.6) is 0 Å². The minimum atomic E-state index is 0.0649. The summed E-state index contributed by atoms with van der Waals surface area (Å²) in [6.45, 7) is 8.55. The summed E-state index contributed by atoms with van der Waals surface area (Å²) in [6, 6.07) is 1.80. The summed E-state index contributed by atoms with van der Waals surface area (Å²) in [6.07, 6.45) is 3.35. The number of nitrogens with one attached hydrogen (secondary N) is 1. The van der Waals surface area contributed by atoms with E-state index in [1.165, 1.54) is 0 Å². The number of carbonyl (C=O) groups is 1. The number of nitrogens with zero attached hydrogens (tertiary/aromatic N) is 1. The van der Waals surface area contributed by atoms with Crippen molar-refractivity contribution in [2.45, 2.75) is 27.7 Å². The van der Waals surface area contributed by atoms with Gasteiger partial charge in [-0.1, -0.05) is 27.7 Å². The molecule has 1 amide bonds. The van der Waals surface area contributed by atoms with Crippen LogP contribution in [0.2, 0.25) is 0 Å². The highest BCUT2D eigenvalue weighted by Crippen LogP contribution is 2.68. The van der Waals surface area contributed by atoms with Crippen LogP contribution < -0.4 is 5.32 Å². The molecule has 0 unspecified atom stereocenters. The Labute approximate surface area is 110 Å². The van der Waals surface area contributed by atoms with Crippen LogP contribution in [0.15, 0.2) is 22.9 Å². The average Bonchev–Trinajstić information content (AvgIpc) is 2.61. The number of hydrogen-bond acceptors (Lipinski definition) is 2. The molecule has 1 aliphatic rings. The zero-order chi connectivity index (χ0) is 12.8. The molecule has 0 radical (unpaired) electrons. The maximum atomic E-state index is 12.2. The molecule has 17 heavy (non-hydrogen) atoms. The molecule has 1 aliphatic carbocycles. The second-order valence-electron chi connectivity index (χ2n) is 5.72. The highest BCUT2D eigenvalue weighted by molar-refractivity contribution is 9.10. The van der Waals surface area contributed by atoms with E-state index in [2.05, 4.69) is 53.9 Å². The minimum Gasteiger partial charge on any atom is -0.325 e. The third kappa shape index (κ3) is 1.88. The van der Waals surface area contributed by atoms with Gasteiger partial charge in [-0.05, 0) is 32.8 Å². The van der Waals surface area contributed by atoms with E-state index in [1.54, 1.807) is 18.5 Å². The second kappa shape index (κ2) is 3.80. The molecule has 1 N–H and O–H groups in total. The van der Waals surface area contributed by atoms with Crippen LogP contribution in [0, 0.1) is 16.7 Å². The third-order valence-electron chi connectivity index (χ3n) is 4.31. The van der Waals surface area contributed by atoms with E-state index in [4.69, 9.17) is 0 Å². The van der Waals surface area contributed by atoms with E-state index in [1.807, 2.05) is 0 Å². The molecule has 4 heteroatoms. The molecule has 0 bridgehead atoms. The standard InChI is InChI=1S/C13H17BrN2O/c1-12(2)10(13(12,3)4)11(17)16-9-5-6-15-7-8(9)14/h5-7,10H,1-4H3,(H,15,16,17). The first-order valence-electron chi connectivity index (χ1n) is 5.69. The van der Waals surface area contributed by atoms with Crippen molar-refractivity contribution in [2.75, 3.05) is 5.32 Å². The molecule has 1 aromatic heterocycles. The molecule has 1 heterocycles. The third-order valence-corrected chi connectivity index (χ3v) is 4.95. The van der Waals surface area contributed by atoms with Crippen molar-refractivity contribution in [1.29, 1.82) is 0 Å². The normalized spacial score (nSPS) is 21.0. The lowest BCUT2D eigenvalue weighted by atomic mass is 10.0. The zero-order valence-electron chi connectivity index (χ0n) is 10.5. The highest BCUT2D eigenvalue weighted by Gasteiger charge is 2.68. The van der Waals surface area contributed by atoms with Gasteiger partial charge >= 0.3 is 0 Å². The van der Waals surface area contributed by atoms with E-state index in [0.717, 1.165) is 10.2 Å². The van der Waals surface area contributed by atoms with Gasteiger partial charge in [0.2, 0.25) is 5.91 Å². The van der Waals surface area contributed by atoms with Crippen molar-refractivity contribution in [3.05, 3.63) is 22.9 Å². The van der Waals surface area contributed by atoms with Gasteiger partial charge in [0.1, 0.15) is 0 Å². The first-order valence-corrected chi connectivity index (χ1v) is 6.48. The SMILES string of the molecule is CC1(C)C(C(=O)Nc2ccncc2Br)C1(C)C. The summed E-state index contributed by atoms with van der Waals surface area (Å²) >= 11 is 3.37. The summed E-state index contributed by atoms with van der Waals surface area (Å²) in [5.41, 5.74) is 0.913. The van der Waals surface area contributed by atoms with Crippen molar-refractivity contribution < 1.29 is 4.79 Å². The van der Waals surface area contributed by atoms with Gasteiger partial charge in [0.15, 0.2) is 0 Å². The maximum Gasteiger partial charge on any atom is 0.228 e. The fourth-order valence-corrected chi connectivity index (χ4v) is 2.88. The number of hydrogen-bond donors (Lipinski definition) is 1. The Kier molecular flexibility index (Phi) is 2.81. The maximum absolute atomic E-state index is 12.2. The Morgan fingerprint density at radius 2 is 1.94 bits per heavy atom. The quantitative estimate of drug-likeness (QED) is 0.908. The predicted octanol–water partition coefficient (Wildman–Crippen LogP) is 3.46. The van der Waals surface area contributed by atoms with Gasteiger partial charge in [0.25, 0.3) is 0 Å². The molecule has 1 aromatic rings. The largest absolute Gasteiger partial charge is 0.325 e. The van der Waals surface area contributed by atoms with Crippen LogP contribution in [0.1, 0.15) is 27.7 Å². The molecule has 3 nitrogen and oxygen atoms in total. The van der Waals surface area contributed by atoms with E-state index in [0.29, 0.717) is 0 Å². The van der Waals surface area contributed by atoms with Crippen molar-refractivity contribution in [3.8, 4) is 0 Å². The molecule has 0 aromatic carbocycles. The number of halogens is 1. The van der Waals surface area contributed by atoms with E-state index in [9.17, 15) is 4.79 Å². The second-order valence-corrected chi connectivity index (χ2v) is 6.58. The Bertz CT molecular complexity index is 454. The zero-order valence-corrected chi connectivity index (χ0v) is 12.1. The fourth-order valence-electron chi connectivity index (χ4n) is 2.53. The van der Waals surface area contributed by atoms with Gasteiger partial charge in [-0.2, -0.15) is 0 Å². The van der Waals surface area contributed by atoms with Crippen LogP contribution in [0.3, 0.4) is 0 Å². The molecular formula is C13H17BrN2O. The molecule has 2 rings (SSSR count). The summed E-state index contributed by atoms with van der Waals surface area (Å²) in [4.78, 5) is 16.2. The van der Waals surface area contributed by atoms with Gasteiger partial charge in [-0.3, -0.25) is 9.78 Å². The minimum absolute atomic E-state index is 0.0649. The molecule has 0 spiro atoms. The van der Waals surface area contributed by atoms with Crippen molar-refractivity contribution in [1.82, 2.24) is 4.98 Å². The van der Waals surface area contributed by atoms with Crippen molar-refractivity contribution in [3.63, 3.8) is 0 Å². The van der Waals surface area contributed by atoms with Crippen LogP contribution in [0.25, 0.3) is 0 Å². The van der Waals surface area contributed by atoms with Crippen molar-refractivity contribution in [2.24, 2.45) is 16.7 Å². The number of amides is 1. The van der Waals surface area contributed by atoms with Gasteiger partial charge in [-0.25, -0.2) is 0 Å². The smallest absolute Gasteiger partial charge is 0.228 e. The Hall–Kier alpha value is -0.900. The monoisotopic (exact) mass is 296 g/mol. The number of carbonyl (C=O) groups excluding carboxylic acids is 1. The first kappa shape index (κ1) is 12.6. The molecular weight excluding hydrogens is 280 g/mol. The van der Waals surface area contributed by atoms with Gasteiger partial charge in [0, 0.05) is 18.3 Å². The van der Waals surface area contributed by atoms with E-state index < -0.39 is 0 Å². The molecule has 0 atom stereocenters. The first-order chi connectivity index (χ1) is 7.78. The highest BCUT2D eigenvalue weighted by atomic mass is 79.9. The molecule has 0 aliphatic heterocycles. The predicted molar refractivity (Wildman–Crippen MR) is 71.6 cm³/mol. The van der Waals surface area contributed by atoms with Gasteiger partial charge < -0.3 is 5.32 Å². The van der Waals surface area contributed by atoms with E-state index >= 15 is 0 Å². The van der Waals surface area contributed by atoms with Gasteiger partial charge in [0.05, 0.1) is 10.2 Å². The summed E-state index contributed by atoms with van der Waals surface area (Å²) < 4.78 is 0.810. The fraction of sp³-hybridized carbons (Fsp3) is 0.538.